The maximum absolute atomic E-state index is 13.7. The number of benzene rings is 2. The summed E-state index contributed by atoms with van der Waals surface area (Å²) in [6.45, 7) is 2.27. The van der Waals surface area contributed by atoms with E-state index in [9.17, 15) is 4.79 Å². The Labute approximate surface area is 202 Å². The molecule has 7 heteroatoms. The predicted molar refractivity (Wildman–Crippen MR) is 135 cm³/mol. The normalized spacial score (nSPS) is 24.6. The van der Waals surface area contributed by atoms with Crippen molar-refractivity contribution in [1.82, 2.24) is 4.90 Å². The van der Waals surface area contributed by atoms with Crippen LogP contribution in [-0.4, -0.2) is 36.6 Å². The summed E-state index contributed by atoms with van der Waals surface area (Å²) < 4.78 is 11.7. The van der Waals surface area contributed by atoms with Gasteiger partial charge in [0.2, 0.25) is 0 Å². The molecule has 2 fully saturated rings. The Balaban J connectivity index is 1.68. The maximum atomic E-state index is 13.7. The van der Waals surface area contributed by atoms with Crippen molar-refractivity contribution in [2.45, 2.75) is 44.1 Å². The molecule has 170 valence electrons. The van der Waals surface area contributed by atoms with E-state index in [1.165, 1.54) is 12.8 Å². The van der Waals surface area contributed by atoms with Gasteiger partial charge in [-0.25, -0.2) is 0 Å². The summed E-state index contributed by atoms with van der Waals surface area (Å²) in [5.41, 5.74) is 1.76. The summed E-state index contributed by atoms with van der Waals surface area (Å²) in [7, 11) is 3.23. The number of carbonyl (C=O) groups excluding carboxylic acids is 1. The number of rotatable bonds is 6. The third-order valence-corrected chi connectivity index (χ3v) is 8.01. The van der Waals surface area contributed by atoms with Gasteiger partial charge < -0.3 is 19.7 Å². The van der Waals surface area contributed by atoms with Gasteiger partial charge in [-0.3, -0.25) is 4.79 Å². The van der Waals surface area contributed by atoms with Crippen LogP contribution in [0.1, 0.15) is 38.2 Å². The van der Waals surface area contributed by atoms with Crippen molar-refractivity contribution in [1.29, 1.82) is 0 Å². The highest BCUT2D eigenvalue weighted by Gasteiger charge is 2.43. The van der Waals surface area contributed by atoms with Crippen molar-refractivity contribution in [3.63, 3.8) is 0 Å². The first-order valence-electron chi connectivity index (χ1n) is 11.0. The van der Waals surface area contributed by atoms with Crippen LogP contribution in [0.25, 0.3) is 6.08 Å². The van der Waals surface area contributed by atoms with E-state index >= 15 is 0 Å². The van der Waals surface area contributed by atoms with Crippen molar-refractivity contribution in [2.24, 2.45) is 5.92 Å². The van der Waals surface area contributed by atoms with Gasteiger partial charge in [-0.15, -0.1) is 0 Å². The van der Waals surface area contributed by atoms with Crippen molar-refractivity contribution in [3.8, 4) is 11.5 Å². The molecule has 0 radical (unpaired) electrons. The second kappa shape index (κ2) is 10.2. The topological polar surface area (TPSA) is 50.8 Å². The molecular weight excluding hydrogens is 488 g/mol. The van der Waals surface area contributed by atoms with Crippen LogP contribution < -0.4 is 14.8 Å². The lowest BCUT2D eigenvalue weighted by atomic mass is 9.85. The number of anilines is 1. The van der Waals surface area contributed by atoms with E-state index in [0.29, 0.717) is 17.4 Å². The fraction of sp³-hybridized carbons (Fsp3) is 0.400. The Hall–Kier alpha value is -2.12. The third kappa shape index (κ3) is 4.79. The molecule has 1 unspecified atom stereocenters. The van der Waals surface area contributed by atoms with Gasteiger partial charge in [0.25, 0.3) is 5.91 Å². The SMILES string of the molecule is COc1cc(Br)c(/C=C2\SC(Nc3ccccc3)N([C@@H]3CCCC[C@@H]3C)C2=O)cc1OC. The number of ether oxygens (including phenoxy) is 2. The molecule has 1 heterocycles. The van der Waals surface area contributed by atoms with E-state index < -0.39 is 0 Å². The summed E-state index contributed by atoms with van der Waals surface area (Å²) in [4.78, 5) is 16.5. The van der Waals surface area contributed by atoms with Gasteiger partial charge in [0, 0.05) is 16.2 Å². The lowest BCUT2D eigenvalue weighted by Crippen LogP contribution is -2.48. The Morgan fingerprint density at radius 3 is 2.47 bits per heavy atom. The van der Waals surface area contributed by atoms with Crippen molar-refractivity contribution >= 4 is 45.4 Å². The molecule has 2 aromatic carbocycles. The van der Waals surface area contributed by atoms with Crippen LogP contribution in [0.2, 0.25) is 0 Å². The van der Waals surface area contributed by atoms with Gasteiger partial charge in [-0.05, 0) is 54.7 Å². The zero-order chi connectivity index (χ0) is 22.7. The van der Waals surface area contributed by atoms with Crippen LogP contribution in [-0.2, 0) is 4.79 Å². The van der Waals surface area contributed by atoms with Gasteiger partial charge in [0.05, 0.1) is 19.1 Å². The summed E-state index contributed by atoms with van der Waals surface area (Å²) >= 11 is 5.20. The minimum atomic E-state index is -0.138. The van der Waals surface area contributed by atoms with E-state index in [1.54, 1.807) is 26.0 Å². The molecule has 1 N–H and O–H groups in total. The number of hydrogen-bond donors (Lipinski definition) is 1. The number of amides is 1. The highest BCUT2D eigenvalue weighted by molar-refractivity contribution is 9.10. The molecule has 0 spiro atoms. The smallest absolute Gasteiger partial charge is 0.262 e. The molecule has 2 aliphatic rings. The van der Waals surface area contributed by atoms with Crippen LogP contribution in [0, 0.1) is 5.92 Å². The number of thioether (sulfide) groups is 1. The molecule has 1 saturated carbocycles. The van der Waals surface area contributed by atoms with E-state index in [0.717, 1.165) is 33.5 Å². The van der Waals surface area contributed by atoms with Crippen LogP contribution in [0.4, 0.5) is 5.69 Å². The Kier molecular flexibility index (Phi) is 7.36. The van der Waals surface area contributed by atoms with Crippen LogP contribution >= 0.6 is 27.7 Å². The van der Waals surface area contributed by atoms with E-state index in [1.807, 2.05) is 48.5 Å². The summed E-state index contributed by atoms with van der Waals surface area (Å²) in [5.74, 6) is 1.85. The molecule has 32 heavy (non-hydrogen) atoms. The first kappa shape index (κ1) is 23.1. The molecular formula is C25H29BrN2O3S. The van der Waals surface area contributed by atoms with Gasteiger partial charge >= 0.3 is 0 Å². The fourth-order valence-electron chi connectivity index (χ4n) is 4.49. The minimum absolute atomic E-state index is 0.0869. The lowest BCUT2D eigenvalue weighted by molar-refractivity contribution is -0.129. The van der Waals surface area contributed by atoms with Gasteiger partial charge in [-0.2, -0.15) is 0 Å². The van der Waals surface area contributed by atoms with Crippen LogP contribution in [0.15, 0.2) is 51.8 Å². The first-order chi connectivity index (χ1) is 15.5. The second-order valence-corrected chi connectivity index (χ2v) is 10.2. The van der Waals surface area contributed by atoms with Crippen LogP contribution in [0.5, 0.6) is 11.5 Å². The standard InChI is InChI=1S/C25H29BrN2O3S/c1-16-9-7-8-12-20(16)28-24(29)23(32-25(28)27-18-10-5-4-6-11-18)14-17-13-21(30-2)22(31-3)15-19(17)26/h4-6,10-11,13-16,20,25,27H,7-9,12H2,1-3H3/b23-14-/t16-,20+,25?/m0/s1. The van der Waals surface area contributed by atoms with Gasteiger partial charge in [0.15, 0.2) is 17.0 Å². The molecule has 1 amide bonds. The molecule has 1 aliphatic heterocycles. The van der Waals surface area contributed by atoms with Gasteiger partial charge in [0.1, 0.15) is 0 Å². The molecule has 0 bridgehead atoms. The number of nitrogens with one attached hydrogen (secondary N) is 1. The highest BCUT2D eigenvalue weighted by Crippen LogP contribution is 2.43. The molecule has 1 aliphatic carbocycles. The molecule has 3 atom stereocenters. The van der Waals surface area contributed by atoms with Crippen molar-refractivity contribution in [2.75, 3.05) is 19.5 Å². The average Bonchev–Trinajstić information content (AvgIpc) is 3.10. The first-order valence-corrected chi connectivity index (χ1v) is 12.6. The van der Waals surface area contributed by atoms with E-state index in [4.69, 9.17) is 9.47 Å². The predicted octanol–water partition coefficient (Wildman–Crippen LogP) is 6.36. The molecule has 0 aromatic heterocycles. The lowest BCUT2D eigenvalue weighted by Gasteiger charge is -2.39. The zero-order valence-electron chi connectivity index (χ0n) is 18.6. The van der Waals surface area contributed by atoms with E-state index in [-0.39, 0.29) is 17.4 Å². The molecule has 5 nitrogen and oxygen atoms in total. The minimum Gasteiger partial charge on any atom is -0.493 e. The summed E-state index contributed by atoms with van der Waals surface area (Å²) in [6, 6.07) is 14.1. The molecule has 1 saturated heterocycles. The fourth-order valence-corrected chi connectivity index (χ4v) is 6.13. The van der Waals surface area contributed by atoms with Crippen molar-refractivity contribution < 1.29 is 14.3 Å². The van der Waals surface area contributed by atoms with Crippen LogP contribution in [0.3, 0.4) is 0 Å². The Morgan fingerprint density at radius 2 is 1.78 bits per heavy atom. The largest absolute Gasteiger partial charge is 0.493 e. The average molecular weight is 517 g/mol. The maximum Gasteiger partial charge on any atom is 0.262 e. The number of nitrogens with zero attached hydrogens (tertiary/aromatic N) is 1. The van der Waals surface area contributed by atoms with Gasteiger partial charge in [-0.1, -0.05) is 65.7 Å². The molecule has 2 aromatic rings. The Bertz CT molecular complexity index is 998. The second-order valence-electron chi connectivity index (χ2n) is 8.26. The number of para-hydroxylation sites is 1. The number of hydrogen-bond acceptors (Lipinski definition) is 5. The molecule has 4 rings (SSSR count). The monoisotopic (exact) mass is 516 g/mol. The summed E-state index contributed by atoms with van der Waals surface area (Å²) in [5, 5.41) is 3.58. The Morgan fingerprint density at radius 1 is 1.09 bits per heavy atom. The summed E-state index contributed by atoms with van der Waals surface area (Å²) in [6.07, 6.45) is 6.57. The number of methoxy groups -OCH3 is 2. The third-order valence-electron chi connectivity index (χ3n) is 6.21. The van der Waals surface area contributed by atoms with E-state index in [2.05, 4.69) is 33.1 Å². The zero-order valence-corrected chi connectivity index (χ0v) is 21.0. The highest BCUT2D eigenvalue weighted by atomic mass is 79.9. The van der Waals surface area contributed by atoms with Crippen molar-refractivity contribution in [3.05, 3.63) is 57.4 Å². The quantitative estimate of drug-likeness (QED) is 0.452. The number of carbonyl (C=O) groups is 1. The number of halogens is 1.